The smallest absolute Gasteiger partial charge is 0.305 e. The van der Waals surface area contributed by atoms with Crippen LogP contribution in [0.1, 0.15) is 309 Å². The van der Waals surface area contributed by atoms with Gasteiger partial charge in [-0.2, -0.15) is 0 Å². The Hall–Kier alpha value is -1.66. The Kier molecular flexibility index (Phi) is 52.6. The van der Waals surface area contributed by atoms with E-state index in [0.29, 0.717) is 19.4 Å². The van der Waals surface area contributed by atoms with Gasteiger partial charge in [-0.25, -0.2) is 0 Å². The summed E-state index contributed by atoms with van der Waals surface area (Å²) in [6.07, 6.45) is 64.9. The predicted molar refractivity (Wildman–Crippen MR) is 278 cm³/mol. The van der Waals surface area contributed by atoms with Crippen LogP contribution in [-0.2, 0) is 14.3 Å². The fraction of sp³-hybridized carbons (Fsp3) is 0.897. The highest BCUT2D eigenvalue weighted by atomic mass is 16.5. The van der Waals surface area contributed by atoms with Crippen LogP contribution >= 0.6 is 0 Å². The van der Waals surface area contributed by atoms with Crippen LogP contribution < -0.4 is 5.32 Å². The van der Waals surface area contributed by atoms with Crippen LogP contribution in [0.15, 0.2) is 24.3 Å². The number of hydrogen-bond acceptors (Lipinski definition) is 5. The molecule has 0 bridgehead atoms. The summed E-state index contributed by atoms with van der Waals surface area (Å²) in [7, 11) is 0. The molecule has 378 valence electrons. The first-order chi connectivity index (χ1) is 31.5. The van der Waals surface area contributed by atoms with Gasteiger partial charge in [0.1, 0.15) is 0 Å². The number of unbranched alkanes of at least 4 members (excludes halogenated alkanes) is 40. The standard InChI is InChI=1S/C58H111NO5/c1-3-5-7-9-11-13-15-17-19-21-23-25-27-29-31-34-38-42-46-50-56(61)55(54-60)59-57(62)51-47-43-39-35-33-37-41-45-49-53-64-58(63)52-48-44-40-36-32-30-28-26-24-22-20-18-16-14-12-10-8-6-4-2/h35,39,46,50,55-56,60-61H,3-34,36-38,40-45,47-49,51-54H2,1-2H3,(H,59,62)/b39-35-,50-46+. The highest BCUT2D eigenvalue weighted by Gasteiger charge is 2.18. The summed E-state index contributed by atoms with van der Waals surface area (Å²) in [6.45, 7) is 4.84. The largest absolute Gasteiger partial charge is 0.466 e. The molecule has 0 heterocycles. The van der Waals surface area contributed by atoms with E-state index in [9.17, 15) is 19.8 Å². The van der Waals surface area contributed by atoms with Crippen LogP contribution in [0.2, 0.25) is 0 Å². The third-order valence-corrected chi connectivity index (χ3v) is 13.2. The molecule has 64 heavy (non-hydrogen) atoms. The Bertz CT molecular complexity index is 997. The number of ether oxygens (including phenoxy) is 1. The molecule has 3 N–H and O–H groups in total. The Balaban J connectivity index is 3.53. The summed E-state index contributed by atoms with van der Waals surface area (Å²) in [5.74, 6) is -0.158. The Morgan fingerprint density at radius 2 is 0.750 bits per heavy atom. The van der Waals surface area contributed by atoms with Gasteiger partial charge in [0.2, 0.25) is 5.91 Å². The number of aliphatic hydroxyl groups excluding tert-OH is 2. The molecule has 0 saturated carbocycles. The molecule has 0 aromatic rings. The van der Waals surface area contributed by atoms with Crippen molar-refractivity contribution < 1.29 is 24.5 Å². The van der Waals surface area contributed by atoms with E-state index in [1.165, 1.54) is 212 Å². The maximum Gasteiger partial charge on any atom is 0.305 e. The maximum atomic E-state index is 12.4. The lowest BCUT2D eigenvalue weighted by atomic mass is 10.0. The van der Waals surface area contributed by atoms with E-state index in [1.54, 1.807) is 6.08 Å². The Morgan fingerprint density at radius 1 is 0.422 bits per heavy atom. The zero-order valence-electron chi connectivity index (χ0n) is 43.0. The molecule has 0 radical (unpaired) electrons. The lowest BCUT2D eigenvalue weighted by Gasteiger charge is -2.19. The number of amides is 1. The number of aliphatic hydroxyl groups is 2. The number of carbonyl (C=O) groups excluding carboxylic acids is 2. The molecule has 0 rings (SSSR count). The van der Waals surface area contributed by atoms with Gasteiger partial charge < -0.3 is 20.3 Å². The van der Waals surface area contributed by atoms with Crippen molar-refractivity contribution in [3.8, 4) is 0 Å². The molecule has 0 aliphatic rings. The van der Waals surface area contributed by atoms with E-state index >= 15 is 0 Å². The number of rotatable bonds is 53. The van der Waals surface area contributed by atoms with E-state index in [0.717, 1.165) is 70.6 Å². The van der Waals surface area contributed by atoms with E-state index in [4.69, 9.17) is 4.74 Å². The van der Waals surface area contributed by atoms with E-state index in [-0.39, 0.29) is 18.5 Å². The van der Waals surface area contributed by atoms with Gasteiger partial charge >= 0.3 is 5.97 Å². The molecular formula is C58H111NO5. The highest BCUT2D eigenvalue weighted by molar-refractivity contribution is 5.76. The van der Waals surface area contributed by atoms with Crippen molar-refractivity contribution in [1.82, 2.24) is 5.32 Å². The molecule has 0 saturated heterocycles. The SMILES string of the molecule is CCCCCCCCCCCCCCCCCCC/C=C/C(O)C(CO)NC(=O)CCC/C=C\CCCCCCOC(=O)CCCCCCCCCCCCCCCCCCCCC. The summed E-state index contributed by atoms with van der Waals surface area (Å²) < 4.78 is 5.46. The van der Waals surface area contributed by atoms with Crippen LogP contribution in [0.5, 0.6) is 0 Å². The third kappa shape index (κ3) is 49.8. The molecular weight excluding hydrogens is 791 g/mol. The monoisotopic (exact) mass is 902 g/mol. The van der Waals surface area contributed by atoms with Crippen LogP contribution in [0, 0.1) is 0 Å². The van der Waals surface area contributed by atoms with Crippen molar-refractivity contribution >= 4 is 11.9 Å². The number of carbonyl (C=O) groups is 2. The summed E-state index contributed by atoms with van der Waals surface area (Å²) in [4.78, 5) is 24.5. The van der Waals surface area contributed by atoms with Gasteiger partial charge in [-0.3, -0.25) is 9.59 Å². The first-order valence-corrected chi connectivity index (χ1v) is 28.6. The van der Waals surface area contributed by atoms with Gasteiger partial charge in [-0.1, -0.05) is 269 Å². The minimum Gasteiger partial charge on any atom is -0.466 e. The van der Waals surface area contributed by atoms with Crippen LogP contribution in [0.25, 0.3) is 0 Å². The zero-order valence-corrected chi connectivity index (χ0v) is 43.0. The second-order valence-corrected chi connectivity index (χ2v) is 19.6. The second kappa shape index (κ2) is 54.0. The topological polar surface area (TPSA) is 95.9 Å². The van der Waals surface area contributed by atoms with Gasteiger partial charge in [-0.05, 0) is 51.4 Å². The average molecular weight is 903 g/mol. The normalized spacial score (nSPS) is 12.8. The van der Waals surface area contributed by atoms with Crippen molar-refractivity contribution in [3.63, 3.8) is 0 Å². The number of allylic oxidation sites excluding steroid dienone is 3. The number of esters is 1. The van der Waals surface area contributed by atoms with Gasteiger partial charge in [0.25, 0.3) is 0 Å². The predicted octanol–water partition coefficient (Wildman–Crippen LogP) is 17.5. The molecule has 6 heteroatoms. The van der Waals surface area contributed by atoms with Crippen LogP contribution in [0.4, 0.5) is 0 Å². The van der Waals surface area contributed by atoms with Crippen molar-refractivity contribution in [2.45, 2.75) is 321 Å². The molecule has 6 nitrogen and oxygen atoms in total. The fourth-order valence-corrected chi connectivity index (χ4v) is 8.81. The van der Waals surface area contributed by atoms with Gasteiger partial charge in [0.05, 0.1) is 25.4 Å². The zero-order chi connectivity index (χ0) is 46.5. The average Bonchev–Trinajstić information content (AvgIpc) is 3.29. The minimum atomic E-state index is -0.875. The van der Waals surface area contributed by atoms with Gasteiger partial charge in [-0.15, -0.1) is 0 Å². The van der Waals surface area contributed by atoms with Crippen molar-refractivity contribution in [1.29, 1.82) is 0 Å². The van der Waals surface area contributed by atoms with Gasteiger partial charge in [0, 0.05) is 12.8 Å². The molecule has 0 aromatic carbocycles. The van der Waals surface area contributed by atoms with Gasteiger partial charge in [0.15, 0.2) is 0 Å². The fourth-order valence-electron chi connectivity index (χ4n) is 8.81. The van der Waals surface area contributed by atoms with Crippen molar-refractivity contribution in [3.05, 3.63) is 24.3 Å². The van der Waals surface area contributed by atoms with Crippen LogP contribution in [0.3, 0.4) is 0 Å². The number of nitrogens with one attached hydrogen (secondary N) is 1. The van der Waals surface area contributed by atoms with E-state index in [1.807, 2.05) is 6.08 Å². The molecule has 0 aliphatic heterocycles. The van der Waals surface area contributed by atoms with E-state index < -0.39 is 12.1 Å². The number of hydrogen-bond donors (Lipinski definition) is 3. The summed E-state index contributed by atoms with van der Waals surface area (Å²) in [6, 6.07) is -0.665. The molecule has 0 aromatic heterocycles. The molecule has 1 amide bonds. The van der Waals surface area contributed by atoms with Crippen molar-refractivity contribution in [2.75, 3.05) is 13.2 Å². The quantitative estimate of drug-likeness (QED) is 0.0321. The maximum absolute atomic E-state index is 12.4. The molecule has 0 fully saturated rings. The second-order valence-electron chi connectivity index (χ2n) is 19.6. The minimum absolute atomic E-state index is 0.0328. The lowest BCUT2D eigenvalue weighted by Crippen LogP contribution is -2.45. The molecule has 2 atom stereocenters. The summed E-state index contributed by atoms with van der Waals surface area (Å²) >= 11 is 0. The third-order valence-electron chi connectivity index (χ3n) is 13.2. The highest BCUT2D eigenvalue weighted by Crippen LogP contribution is 2.17. The van der Waals surface area contributed by atoms with Crippen molar-refractivity contribution in [2.24, 2.45) is 0 Å². The molecule has 2 unspecified atom stereocenters. The molecule has 0 aliphatic carbocycles. The van der Waals surface area contributed by atoms with Crippen LogP contribution in [-0.4, -0.2) is 47.4 Å². The summed E-state index contributed by atoms with van der Waals surface area (Å²) in [5, 5.41) is 23.1. The molecule has 0 spiro atoms. The van der Waals surface area contributed by atoms with E-state index in [2.05, 4.69) is 31.3 Å². The first-order valence-electron chi connectivity index (χ1n) is 28.6. The first kappa shape index (κ1) is 62.3. The Labute approximate surface area is 399 Å². The summed E-state index contributed by atoms with van der Waals surface area (Å²) in [5.41, 5.74) is 0. The lowest BCUT2D eigenvalue weighted by molar-refractivity contribution is -0.143. The Morgan fingerprint density at radius 3 is 1.14 bits per heavy atom.